The molecule has 0 aliphatic heterocycles. The van der Waals surface area contributed by atoms with Crippen LogP contribution in [0, 0.1) is 17.2 Å². The highest BCUT2D eigenvalue weighted by molar-refractivity contribution is 5.36. The lowest BCUT2D eigenvalue weighted by Gasteiger charge is -2.21. The van der Waals surface area contributed by atoms with E-state index in [1.807, 2.05) is 12.1 Å². The zero-order valence-electron chi connectivity index (χ0n) is 11.2. The first kappa shape index (κ1) is 13.0. The second-order valence-corrected chi connectivity index (χ2v) is 5.17. The van der Waals surface area contributed by atoms with Gasteiger partial charge in [-0.15, -0.1) is 0 Å². The minimum Gasteiger partial charge on any atom is -0.489 e. The molecule has 3 atom stereocenters. The van der Waals surface area contributed by atoms with Crippen molar-refractivity contribution in [3.63, 3.8) is 0 Å². The molecule has 96 valence electrons. The molecule has 2 rings (SSSR count). The largest absolute Gasteiger partial charge is 0.489 e. The molecule has 0 N–H and O–H groups in total. The van der Waals surface area contributed by atoms with Gasteiger partial charge < -0.3 is 4.74 Å². The van der Waals surface area contributed by atoms with Crippen molar-refractivity contribution in [2.24, 2.45) is 5.92 Å². The van der Waals surface area contributed by atoms with Crippen molar-refractivity contribution >= 4 is 0 Å². The molecule has 0 heterocycles. The van der Waals surface area contributed by atoms with Crippen molar-refractivity contribution in [2.45, 2.75) is 51.6 Å². The number of ether oxygens (including phenoxy) is 1. The van der Waals surface area contributed by atoms with Crippen molar-refractivity contribution in [3.05, 3.63) is 29.8 Å². The Bertz CT molecular complexity index is 435. The fraction of sp³-hybridized carbons (Fsp3) is 0.562. The number of nitrogens with zero attached hydrogens (tertiary/aromatic N) is 1. The number of benzene rings is 1. The molecule has 2 nitrogen and oxygen atoms in total. The minimum atomic E-state index is 0.0648. The monoisotopic (exact) mass is 243 g/mol. The zero-order valence-corrected chi connectivity index (χ0v) is 11.2. The Hall–Kier alpha value is -1.49. The minimum absolute atomic E-state index is 0.0648. The van der Waals surface area contributed by atoms with Crippen LogP contribution in [0.5, 0.6) is 5.75 Å². The summed E-state index contributed by atoms with van der Waals surface area (Å²) in [5.74, 6) is 1.54. The van der Waals surface area contributed by atoms with Gasteiger partial charge in [-0.25, -0.2) is 0 Å². The van der Waals surface area contributed by atoms with Crippen LogP contribution in [-0.4, -0.2) is 6.10 Å². The molecule has 0 aromatic heterocycles. The molecule has 2 heteroatoms. The van der Waals surface area contributed by atoms with E-state index in [1.54, 1.807) is 0 Å². The molecule has 0 bridgehead atoms. The maximum Gasteiger partial charge on any atom is 0.123 e. The van der Waals surface area contributed by atoms with Gasteiger partial charge in [0, 0.05) is 0 Å². The molecule has 1 aromatic rings. The van der Waals surface area contributed by atoms with E-state index in [4.69, 9.17) is 10.00 Å². The average molecular weight is 243 g/mol. The summed E-state index contributed by atoms with van der Waals surface area (Å²) < 4.78 is 6.11. The van der Waals surface area contributed by atoms with Gasteiger partial charge in [0.2, 0.25) is 0 Å². The molecule has 1 fully saturated rings. The van der Waals surface area contributed by atoms with E-state index in [2.05, 4.69) is 32.0 Å². The number of nitriles is 1. The van der Waals surface area contributed by atoms with Crippen molar-refractivity contribution in [2.75, 3.05) is 0 Å². The average Bonchev–Trinajstić information content (AvgIpc) is 2.86. The van der Waals surface area contributed by atoms with E-state index in [1.165, 1.54) is 5.56 Å². The molecule has 1 aromatic carbocycles. The smallest absolute Gasteiger partial charge is 0.123 e. The lowest BCUT2D eigenvalue weighted by atomic mass is 9.97. The normalized spacial score (nSPS) is 24.5. The first-order chi connectivity index (χ1) is 8.76. The molecule has 1 saturated carbocycles. The number of para-hydroxylation sites is 1. The summed E-state index contributed by atoms with van der Waals surface area (Å²) in [4.78, 5) is 0. The Kier molecular flexibility index (Phi) is 4.25. The van der Waals surface area contributed by atoms with Crippen LogP contribution >= 0.6 is 0 Å². The van der Waals surface area contributed by atoms with Crippen LogP contribution in [-0.2, 0) is 0 Å². The Labute approximate surface area is 110 Å². The zero-order chi connectivity index (χ0) is 13.0. The highest BCUT2D eigenvalue weighted by Gasteiger charge is 2.29. The highest BCUT2D eigenvalue weighted by atomic mass is 16.5. The van der Waals surface area contributed by atoms with Gasteiger partial charge in [-0.3, -0.25) is 0 Å². The van der Waals surface area contributed by atoms with Gasteiger partial charge in [0.25, 0.3) is 0 Å². The molecule has 1 aliphatic rings. The second-order valence-electron chi connectivity index (χ2n) is 5.17. The van der Waals surface area contributed by atoms with Crippen LogP contribution in [0.1, 0.15) is 51.0 Å². The van der Waals surface area contributed by atoms with Crippen molar-refractivity contribution in [1.82, 2.24) is 0 Å². The third-order valence-electron chi connectivity index (χ3n) is 3.96. The van der Waals surface area contributed by atoms with E-state index in [-0.39, 0.29) is 12.0 Å². The van der Waals surface area contributed by atoms with Crippen LogP contribution in [0.4, 0.5) is 0 Å². The van der Waals surface area contributed by atoms with Crippen LogP contribution in [0.15, 0.2) is 24.3 Å². The Morgan fingerprint density at radius 2 is 2.17 bits per heavy atom. The second kappa shape index (κ2) is 5.91. The number of rotatable bonds is 4. The van der Waals surface area contributed by atoms with Gasteiger partial charge >= 0.3 is 0 Å². The van der Waals surface area contributed by atoms with Crippen LogP contribution in [0.3, 0.4) is 0 Å². The van der Waals surface area contributed by atoms with Crippen molar-refractivity contribution in [3.8, 4) is 11.8 Å². The summed E-state index contributed by atoms with van der Waals surface area (Å²) in [6, 6.07) is 10.6. The van der Waals surface area contributed by atoms with Gasteiger partial charge in [0.1, 0.15) is 11.9 Å². The van der Waals surface area contributed by atoms with E-state index in [0.717, 1.165) is 31.4 Å². The summed E-state index contributed by atoms with van der Waals surface area (Å²) in [5, 5.41) is 9.11. The van der Waals surface area contributed by atoms with Crippen molar-refractivity contribution < 1.29 is 4.74 Å². The molecule has 0 spiro atoms. The first-order valence-corrected chi connectivity index (χ1v) is 6.91. The Morgan fingerprint density at radius 1 is 1.39 bits per heavy atom. The topological polar surface area (TPSA) is 33.0 Å². The number of hydrogen-bond donors (Lipinski definition) is 0. The maximum atomic E-state index is 9.11. The molecular formula is C16H21NO. The fourth-order valence-electron chi connectivity index (χ4n) is 2.59. The molecule has 0 saturated heterocycles. The molecule has 1 aliphatic carbocycles. The van der Waals surface area contributed by atoms with E-state index in [9.17, 15) is 0 Å². The summed E-state index contributed by atoms with van der Waals surface area (Å²) in [5.41, 5.74) is 1.27. The standard InChI is InChI=1S/C16H21NO/c1-3-12(2)14-8-4-5-9-16(14)18-15-10-6-7-13(15)11-17/h4-5,8-9,12-13,15H,3,6-7,10H2,1-2H3. The molecular weight excluding hydrogens is 222 g/mol. The maximum absolute atomic E-state index is 9.11. The summed E-state index contributed by atoms with van der Waals surface area (Å²) in [7, 11) is 0. The fourth-order valence-corrected chi connectivity index (χ4v) is 2.59. The third kappa shape index (κ3) is 2.67. The lowest BCUT2D eigenvalue weighted by Crippen LogP contribution is -2.21. The summed E-state index contributed by atoms with van der Waals surface area (Å²) in [6.45, 7) is 4.41. The van der Waals surface area contributed by atoms with E-state index in [0.29, 0.717) is 5.92 Å². The van der Waals surface area contributed by atoms with Gasteiger partial charge in [-0.1, -0.05) is 32.0 Å². The van der Waals surface area contributed by atoms with Gasteiger partial charge in [0.15, 0.2) is 0 Å². The van der Waals surface area contributed by atoms with Crippen LogP contribution < -0.4 is 4.74 Å². The quantitative estimate of drug-likeness (QED) is 0.791. The molecule has 3 unspecified atom stereocenters. The Morgan fingerprint density at radius 3 is 2.89 bits per heavy atom. The SMILES string of the molecule is CCC(C)c1ccccc1OC1CCCC1C#N. The number of hydrogen-bond acceptors (Lipinski definition) is 2. The highest BCUT2D eigenvalue weighted by Crippen LogP contribution is 2.34. The van der Waals surface area contributed by atoms with Crippen LogP contribution in [0.25, 0.3) is 0 Å². The molecule has 18 heavy (non-hydrogen) atoms. The van der Waals surface area contributed by atoms with E-state index >= 15 is 0 Å². The summed E-state index contributed by atoms with van der Waals surface area (Å²) >= 11 is 0. The predicted octanol–water partition coefficient (Wildman–Crippen LogP) is 4.27. The predicted molar refractivity (Wildman–Crippen MR) is 72.5 cm³/mol. The van der Waals surface area contributed by atoms with Gasteiger partial charge in [-0.05, 0) is 43.2 Å². The third-order valence-corrected chi connectivity index (χ3v) is 3.96. The molecule has 0 radical (unpaired) electrons. The Balaban J connectivity index is 2.16. The van der Waals surface area contributed by atoms with E-state index < -0.39 is 0 Å². The van der Waals surface area contributed by atoms with Gasteiger partial charge in [-0.2, -0.15) is 5.26 Å². The van der Waals surface area contributed by atoms with Crippen molar-refractivity contribution in [1.29, 1.82) is 5.26 Å². The van der Waals surface area contributed by atoms with Crippen LogP contribution in [0.2, 0.25) is 0 Å². The first-order valence-electron chi connectivity index (χ1n) is 6.91. The van der Waals surface area contributed by atoms with Gasteiger partial charge in [0.05, 0.1) is 12.0 Å². The molecule has 0 amide bonds. The lowest BCUT2D eigenvalue weighted by molar-refractivity contribution is 0.180. The summed E-state index contributed by atoms with van der Waals surface area (Å²) in [6.07, 6.45) is 4.28.